The maximum Gasteiger partial charge on any atom is 0.373 e. The van der Waals surface area contributed by atoms with Crippen molar-refractivity contribution in [2.45, 2.75) is 71.6 Å². The molecule has 1 aliphatic heterocycles. The number of phenols is 1. The first-order valence-corrected chi connectivity index (χ1v) is 21.5. The molecular weight excluding hydrogens is 834 g/mol. The maximum absolute atomic E-state index is 13.5. The van der Waals surface area contributed by atoms with Crippen LogP contribution in [0.15, 0.2) is 112 Å². The first kappa shape index (κ1) is 46.4. The molecule has 13 heteroatoms. The second-order valence-electron chi connectivity index (χ2n) is 15.7. The first-order chi connectivity index (χ1) is 30.9. The Morgan fingerprint density at radius 3 is 2.06 bits per heavy atom. The van der Waals surface area contributed by atoms with Crippen LogP contribution >= 0.6 is 11.6 Å². The number of Topliss-reactive ketones (excluding diaryl/α,β-unsaturated/α-hetero) is 1. The molecule has 0 unspecified atom stereocenters. The van der Waals surface area contributed by atoms with E-state index in [1.807, 2.05) is 44.2 Å². The molecule has 1 aromatic heterocycles. The molecule has 5 aromatic rings. The van der Waals surface area contributed by atoms with Gasteiger partial charge in [0.1, 0.15) is 22.9 Å². The topological polar surface area (TPSA) is 182 Å². The van der Waals surface area contributed by atoms with E-state index in [1.54, 1.807) is 59.2 Å². The van der Waals surface area contributed by atoms with Crippen LogP contribution in [-0.4, -0.2) is 52.4 Å². The number of aromatic hydroxyl groups is 1. The minimum atomic E-state index is -0.183. The van der Waals surface area contributed by atoms with Crippen molar-refractivity contribution in [1.29, 1.82) is 0 Å². The normalized spacial score (nSPS) is 10.9. The lowest BCUT2D eigenvalue weighted by atomic mass is 9.93. The molecule has 328 valence electrons. The third kappa shape index (κ3) is 11.5. The quantitative estimate of drug-likeness (QED) is 0.0593. The molecular formula is C51H48ClN3O9. The van der Waals surface area contributed by atoms with E-state index in [9.17, 15) is 29.1 Å². The summed E-state index contributed by atoms with van der Waals surface area (Å²) in [6, 6.07) is 29.5. The summed E-state index contributed by atoms with van der Waals surface area (Å²) >= 11 is 6.04. The molecule has 1 aliphatic carbocycles. The summed E-state index contributed by atoms with van der Waals surface area (Å²) in [4.78, 5) is 80.3. The predicted molar refractivity (Wildman–Crippen MR) is 245 cm³/mol. The summed E-state index contributed by atoms with van der Waals surface area (Å²) in [5.41, 5.74) is 7.09. The number of hydrogen-bond donors (Lipinski definition) is 3. The molecule has 2 amide bonds. The molecule has 12 nitrogen and oxygen atoms in total. The number of benzene rings is 5. The number of halogens is 1. The van der Waals surface area contributed by atoms with Gasteiger partial charge < -0.3 is 20.2 Å². The van der Waals surface area contributed by atoms with Gasteiger partial charge in [0.05, 0.1) is 11.9 Å². The number of carbonyl (C=O) groups excluding carboxylic acids is 6. The van der Waals surface area contributed by atoms with Crippen LogP contribution in [0, 0.1) is 13.8 Å². The average molecular weight is 882 g/mol. The monoisotopic (exact) mass is 881 g/mol. The smallest absolute Gasteiger partial charge is 0.373 e. The molecule has 2 aliphatic rings. The average Bonchev–Trinajstić information content (AvgIpc) is 3.54. The Hall–Kier alpha value is -7.14. The zero-order valence-corrected chi connectivity index (χ0v) is 36.4. The summed E-state index contributed by atoms with van der Waals surface area (Å²) in [5, 5.41) is 18.2. The molecule has 0 spiro atoms. The van der Waals surface area contributed by atoms with Gasteiger partial charge in [0.15, 0.2) is 5.43 Å². The second-order valence-corrected chi connectivity index (χ2v) is 16.1. The van der Waals surface area contributed by atoms with Crippen LogP contribution in [0.25, 0.3) is 44.3 Å². The largest absolute Gasteiger partial charge is 0.508 e. The lowest BCUT2D eigenvalue weighted by Gasteiger charge is -2.15. The SMILES string of the molecule is Cc1ccc2c(c1)c(CC(=O)NCCCCCC(=O)CCCCCNC(=O)c1ccc(-c3c4ccc(=O)cc-4oc4cc(O)ccc34)cc1)c(C)n2C(=O)c1ccc(Cl)cc1.O=C=O. The highest BCUT2D eigenvalue weighted by atomic mass is 35.5. The Labute approximate surface area is 374 Å². The van der Waals surface area contributed by atoms with Crippen LogP contribution in [0.4, 0.5) is 0 Å². The minimum absolute atomic E-state index is 0.0539. The maximum atomic E-state index is 13.5. The van der Waals surface area contributed by atoms with Gasteiger partial charge in [0, 0.05) is 81.8 Å². The van der Waals surface area contributed by atoms with Crippen LogP contribution in [0.2, 0.25) is 5.02 Å². The van der Waals surface area contributed by atoms with E-state index in [4.69, 9.17) is 25.6 Å². The minimum Gasteiger partial charge on any atom is -0.508 e. The lowest BCUT2D eigenvalue weighted by molar-refractivity contribution is -0.191. The van der Waals surface area contributed by atoms with E-state index in [0.29, 0.717) is 53.4 Å². The van der Waals surface area contributed by atoms with E-state index in [2.05, 4.69) is 10.6 Å². The number of nitrogens with one attached hydrogen (secondary N) is 2. The Morgan fingerprint density at radius 2 is 1.38 bits per heavy atom. The van der Waals surface area contributed by atoms with Crippen LogP contribution in [0.3, 0.4) is 0 Å². The van der Waals surface area contributed by atoms with Gasteiger partial charge in [-0.2, -0.15) is 9.59 Å². The number of amides is 2. The third-order valence-electron chi connectivity index (χ3n) is 11.1. The number of ketones is 1. The van der Waals surface area contributed by atoms with Crippen molar-refractivity contribution in [3.05, 3.63) is 146 Å². The van der Waals surface area contributed by atoms with Crippen molar-refractivity contribution in [1.82, 2.24) is 15.2 Å². The van der Waals surface area contributed by atoms with Crippen molar-refractivity contribution in [2.24, 2.45) is 0 Å². The molecule has 64 heavy (non-hydrogen) atoms. The lowest BCUT2D eigenvalue weighted by Crippen LogP contribution is -2.26. The van der Waals surface area contributed by atoms with Crippen LogP contribution in [0.5, 0.6) is 5.75 Å². The summed E-state index contributed by atoms with van der Waals surface area (Å²) in [7, 11) is 0. The standard InChI is InChI=1S/C50H48ClN3O7.CO2/c1-31-11-24-44-43(27-31)42(32(2)54(44)50(60)35-16-18-36(51)19-17-35)30-47(58)52-25-7-3-5-9-37(55)10-6-4-8-26-53-49(59)34-14-12-33(13-15-34)48-40-22-20-38(56)28-45(40)61-46-29-39(57)21-23-41(46)48;2-1-3/h11-24,27-29,56H,3-10,25-26,30H2,1-2H3,(H,52,58)(H,53,59);. The number of phenolic OH excluding ortho intramolecular Hbond substituents is 1. The summed E-state index contributed by atoms with van der Waals surface area (Å²) in [6.45, 7) is 4.87. The summed E-state index contributed by atoms with van der Waals surface area (Å²) in [5.74, 6) is 0.219. The predicted octanol–water partition coefficient (Wildman–Crippen LogP) is 9.38. The third-order valence-corrected chi connectivity index (χ3v) is 11.4. The molecule has 0 saturated heterocycles. The van der Waals surface area contributed by atoms with Crippen LogP contribution in [-0.2, 0) is 25.6 Å². The Balaban J connectivity index is 0.00000220. The van der Waals surface area contributed by atoms with E-state index in [1.165, 1.54) is 18.2 Å². The number of aryl methyl sites for hydroxylation is 1. The van der Waals surface area contributed by atoms with Crippen molar-refractivity contribution in [3.63, 3.8) is 0 Å². The number of carbonyl (C=O) groups is 4. The second kappa shape index (κ2) is 21.8. The van der Waals surface area contributed by atoms with Gasteiger partial charge in [-0.15, -0.1) is 0 Å². The molecule has 0 radical (unpaired) electrons. The molecule has 2 heterocycles. The molecule has 7 rings (SSSR count). The highest BCUT2D eigenvalue weighted by molar-refractivity contribution is 6.30. The van der Waals surface area contributed by atoms with Crippen molar-refractivity contribution in [2.75, 3.05) is 13.1 Å². The van der Waals surface area contributed by atoms with E-state index in [0.717, 1.165) is 88.3 Å². The fourth-order valence-electron chi connectivity index (χ4n) is 7.89. The first-order valence-electron chi connectivity index (χ1n) is 21.1. The summed E-state index contributed by atoms with van der Waals surface area (Å²) < 4.78 is 7.61. The Kier molecular flexibility index (Phi) is 15.8. The van der Waals surface area contributed by atoms with Gasteiger partial charge in [-0.05, 0) is 123 Å². The van der Waals surface area contributed by atoms with Gasteiger partial charge >= 0.3 is 6.15 Å². The Morgan fingerprint density at radius 1 is 0.719 bits per heavy atom. The van der Waals surface area contributed by atoms with Crippen LogP contribution < -0.4 is 16.1 Å². The van der Waals surface area contributed by atoms with Gasteiger partial charge in [-0.3, -0.25) is 28.5 Å². The van der Waals surface area contributed by atoms with Gasteiger partial charge in [-0.1, -0.05) is 48.2 Å². The number of hydrogen-bond acceptors (Lipinski definition) is 9. The van der Waals surface area contributed by atoms with E-state index < -0.39 is 0 Å². The van der Waals surface area contributed by atoms with E-state index >= 15 is 0 Å². The van der Waals surface area contributed by atoms with Crippen molar-refractivity contribution < 1.29 is 38.3 Å². The number of rotatable bonds is 17. The van der Waals surface area contributed by atoms with Crippen LogP contribution in [0.1, 0.15) is 88.9 Å². The highest BCUT2D eigenvalue weighted by Gasteiger charge is 2.22. The van der Waals surface area contributed by atoms with Gasteiger partial charge in [0.2, 0.25) is 5.91 Å². The summed E-state index contributed by atoms with van der Waals surface area (Å²) in [6.07, 6.45) is 6.12. The van der Waals surface area contributed by atoms with Gasteiger partial charge in [-0.25, -0.2) is 0 Å². The van der Waals surface area contributed by atoms with Crippen molar-refractivity contribution >= 4 is 63.1 Å². The van der Waals surface area contributed by atoms with Gasteiger partial charge in [0.25, 0.3) is 11.8 Å². The van der Waals surface area contributed by atoms with Crippen molar-refractivity contribution in [3.8, 4) is 28.2 Å². The highest BCUT2D eigenvalue weighted by Crippen LogP contribution is 2.40. The van der Waals surface area contributed by atoms with E-state index in [-0.39, 0.29) is 47.3 Å². The number of nitrogens with zero attached hydrogens (tertiary/aromatic N) is 1. The number of fused-ring (bicyclic) bond motifs is 3. The fraction of sp³-hybridized carbons (Fsp3) is 0.255. The molecule has 4 aromatic carbocycles. The zero-order chi connectivity index (χ0) is 45.8. The Bertz CT molecular complexity index is 2870. The number of aromatic nitrogens is 1. The molecule has 0 atom stereocenters. The molecule has 0 bridgehead atoms. The molecule has 0 saturated carbocycles. The molecule has 3 N–H and O–H groups in total. The zero-order valence-electron chi connectivity index (χ0n) is 35.6. The molecule has 0 fully saturated rings. The number of unbranched alkanes of at least 4 members (excludes halogenated alkanes) is 4. The fourth-order valence-corrected chi connectivity index (χ4v) is 8.02.